The molecule has 7 heteroatoms. The number of aryl methyl sites for hydroxylation is 1. The number of anilines is 1. The third kappa shape index (κ3) is 6.37. The molecule has 0 aliphatic heterocycles. The molecule has 0 saturated carbocycles. The second-order valence-electron chi connectivity index (χ2n) is 6.39. The number of carbonyl (C=O) groups is 1. The molecule has 2 aromatic rings. The van der Waals surface area contributed by atoms with Gasteiger partial charge in [0, 0.05) is 18.2 Å². The first-order valence-corrected chi connectivity index (χ1v) is 10.4. The van der Waals surface area contributed by atoms with Crippen LogP contribution in [0.3, 0.4) is 0 Å². The summed E-state index contributed by atoms with van der Waals surface area (Å²) in [5, 5.41) is 2.79. The first-order chi connectivity index (χ1) is 12.8. The molecule has 0 unspecified atom stereocenters. The van der Waals surface area contributed by atoms with Crippen LogP contribution in [0.25, 0.3) is 0 Å². The molecule has 0 bridgehead atoms. The van der Waals surface area contributed by atoms with Crippen molar-refractivity contribution in [1.29, 1.82) is 0 Å². The third-order valence-electron chi connectivity index (χ3n) is 3.73. The Kier molecular flexibility index (Phi) is 7.38. The number of carbonyl (C=O) groups excluding carboxylic acids is 1. The fraction of sp³-hybridized carbons (Fsp3) is 0.350. The van der Waals surface area contributed by atoms with E-state index < -0.39 is 10.0 Å². The fourth-order valence-corrected chi connectivity index (χ4v) is 3.83. The summed E-state index contributed by atoms with van der Waals surface area (Å²) in [6.45, 7) is 6.01. The standard InChI is InChI=1S/C20H26N2O4S/c1-4-26-19-8-6-5-7-16(19)9-14-20(23)21-17-10-12-18(13-11-17)27(24,25)22-15(2)3/h5-8,10-13,15,22H,4,9,14H2,1-3H3,(H,21,23). The largest absolute Gasteiger partial charge is 0.494 e. The number of nitrogens with one attached hydrogen (secondary N) is 2. The van der Waals surface area contributed by atoms with Crippen LogP contribution in [-0.4, -0.2) is 27.0 Å². The molecule has 0 saturated heterocycles. The number of para-hydroxylation sites is 1. The summed E-state index contributed by atoms with van der Waals surface area (Å²) >= 11 is 0. The highest BCUT2D eigenvalue weighted by Crippen LogP contribution is 2.20. The molecule has 0 heterocycles. The number of benzene rings is 2. The fourth-order valence-electron chi connectivity index (χ4n) is 2.57. The molecule has 0 aromatic heterocycles. The Hall–Kier alpha value is -2.38. The van der Waals surface area contributed by atoms with E-state index in [9.17, 15) is 13.2 Å². The van der Waals surface area contributed by atoms with Crippen LogP contribution in [0.4, 0.5) is 5.69 Å². The lowest BCUT2D eigenvalue weighted by Gasteiger charge is -2.11. The Morgan fingerprint density at radius 2 is 1.74 bits per heavy atom. The van der Waals surface area contributed by atoms with Gasteiger partial charge < -0.3 is 10.1 Å². The molecule has 6 nitrogen and oxygen atoms in total. The lowest BCUT2D eigenvalue weighted by molar-refractivity contribution is -0.116. The highest BCUT2D eigenvalue weighted by atomic mass is 32.2. The molecule has 2 rings (SSSR count). The van der Waals surface area contributed by atoms with Crippen molar-refractivity contribution in [2.24, 2.45) is 0 Å². The van der Waals surface area contributed by atoms with E-state index in [0.717, 1.165) is 11.3 Å². The first kappa shape index (κ1) is 20.9. The average molecular weight is 391 g/mol. The van der Waals surface area contributed by atoms with Gasteiger partial charge in [0.25, 0.3) is 0 Å². The number of hydrogen-bond donors (Lipinski definition) is 2. The SMILES string of the molecule is CCOc1ccccc1CCC(=O)Nc1ccc(S(=O)(=O)NC(C)C)cc1. The van der Waals surface area contributed by atoms with E-state index in [1.807, 2.05) is 31.2 Å². The van der Waals surface area contributed by atoms with Gasteiger partial charge in [-0.1, -0.05) is 18.2 Å². The molecule has 0 spiro atoms. The highest BCUT2D eigenvalue weighted by molar-refractivity contribution is 7.89. The monoisotopic (exact) mass is 390 g/mol. The molecule has 0 fully saturated rings. The molecule has 2 N–H and O–H groups in total. The van der Waals surface area contributed by atoms with Gasteiger partial charge in [-0.05, 0) is 63.1 Å². The van der Waals surface area contributed by atoms with Crippen LogP contribution in [0.1, 0.15) is 32.8 Å². The van der Waals surface area contributed by atoms with Crippen molar-refractivity contribution in [2.45, 2.75) is 44.6 Å². The van der Waals surface area contributed by atoms with Crippen LogP contribution in [-0.2, 0) is 21.2 Å². The van der Waals surface area contributed by atoms with E-state index in [4.69, 9.17) is 4.74 Å². The topological polar surface area (TPSA) is 84.5 Å². The van der Waals surface area contributed by atoms with Crippen molar-refractivity contribution in [1.82, 2.24) is 4.72 Å². The van der Waals surface area contributed by atoms with Gasteiger partial charge in [-0.3, -0.25) is 4.79 Å². The molecular formula is C20H26N2O4S. The summed E-state index contributed by atoms with van der Waals surface area (Å²) in [6.07, 6.45) is 0.867. The predicted octanol–water partition coefficient (Wildman–Crippen LogP) is 3.34. The summed E-state index contributed by atoms with van der Waals surface area (Å²) in [7, 11) is -3.54. The molecule has 146 valence electrons. The van der Waals surface area contributed by atoms with Crippen molar-refractivity contribution in [2.75, 3.05) is 11.9 Å². The second-order valence-corrected chi connectivity index (χ2v) is 8.10. The lowest BCUT2D eigenvalue weighted by atomic mass is 10.1. The smallest absolute Gasteiger partial charge is 0.240 e. The number of rotatable bonds is 9. The van der Waals surface area contributed by atoms with Crippen LogP contribution < -0.4 is 14.8 Å². The summed E-state index contributed by atoms with van der Waals surface area (Å²) < 4.78 is 32.3. The highest BCUT2D eigenvalue weighted by Gasteiger charge is 2.15. The number of sulfonamides is 1. The van der Waals surface area contributed by atoms with Gasteiger partial charge in [-0.15, -0.1) is 0 Å². The van der Waals surface area contributed by atoms with Crippen LogP contribution in [0, 0.1) is 0 Å². The number of hydrogen-bond acceptors (Lipinski definition) is 4. The van der Waals surface area contributed by atoms with Crippen LogP contribution >= 0.6 is 0 Å². The zero-order chi connectivity index (χ0) is 19.9. The summed E-state index contributed by atoms with van der Waals surface area (Å²) in [5.74, 6) is 0.650. The van der Waals surface area contributed by atoms with Gasteiger partial charge >= 0.3 is 0 Å². The van der Waals surface area contributed by atoms with E-state index in [1.54, 1.807) is 26.0 Å². The van der Waals surface area contributed by atoms with E-state index in [0.29, 0.717) is 25.1 Å². The molecule has 0 radical (unpaired) electrons. The van der Waals surface area contributed by atoms with Crippen molar-refractivity contribution < 1.29 is 17.9 Å². The number of amides is 1. The van der Waals surface area contributed by atoms with Crippen LogP contribution in [0.15, 0.2) is 53.4 Å². The zero-order valence-electron chi connectivity index (χ0n) is 15.9. The quantitative estimate of drug-likeness (QED) is 0.688. The van der Waals surface area contributed by atoms with Gasteiger partial charge in [0.2, 0.25) is 15.9 Å². The lowest BCUT2D eigenvalue weighted by Crippen LogP contribution is -2.30. The Morgan fingerprint density at radius 1 is 1.07 bits per heavy atom. The second kappa shape index (κ2) is 9.53. The molecule has 1 amide bonds. The maximum absolute atomic E-state index is 12.2. The summed E-state index contributed by atoms with van der Waals surface area (Å²) in [6, 6.07) is 13.6. The minimum Gasteiger partial charge on any atom is -0.494 e. The summed E-state index contributed by atoms with van der Waals surface area (Å²) in [4.78, 5) is 12.4. The molecule has 0 aliphatic rings. The van der Waals surface area contributed by atoms with Crippen molar-refractivity contribution in [3.63, 3.8) is 0 Å². The van der Waals surface area contributed by atoms with Gasteiger partial charge in [0.1, 0.15) is 5.75 Å². The van der Waals surface area contributed by atoms with Gasteiger partial charge in [-0.25, -0.2) is 13.1 Å². The van der Waals surface area contributed by atoms with E-state index in [-0.39, 0.29) is 16.8 Å². The Labute approximate surface area is 161 Å². The van der Waals surface area contributed by atoms with E-state index >= 15 is 0 Å². The maximum Gasteiger partial charge on any atom is 0.240 e. The summed E-state index contributed by atoms with van der Waals surface area (Å²) in [5.41, 5.74) is 1.54. The van der Waals surface area contributed by atoms with Gasteiger partial charge in [-0.2, -0.15) is 0 Å². The Morgan fingerprint density at radius 3 is 2.37 bits per heavy atom. The molecule has 2 aromatic carbocycles. The Bertz CT molecular complexity index is 862. The maximum atomic E-state index is 12.2. The van der Waals surface area contributed by atoms with E-state index in [1.165, 1.54) is 12.1 Å². The van der Waals surface area contributed by atoms with Gasteiger partial charge in [0.05, 0.1) is 11.5 Å². The number of ether oxygens (including phenoxy) is 1. The van der Waals surface area contributed by atoms with Crippen molar-refractivity contribution >= 4 is 21.6 Å². The molecule has 0 atom stereocenters. The van der Waals surface area contributed by atoms with Crippen molar-refractivity contribution in [3.05, 3.63) is 54.1 Å². The molecular weight excluding hydrogens is 364 g/mol. The van der Waals surface area contributed by atoms with Crippen LogP contribution in [0.2, 0.25) is 0 Å². The van der Waals surface area contributed by atoms with Crippen molar-refractivity contribution in [3.8, 4) is 5.75 Å². The Balaban J connectivity index is 1.95. The minimum absolute atomic E-state index is 0.141. The predicted molar refractivity (Wildman–Crippen MR) is 106 cm³/mol. The average Bonchev–Trinajstić information content (AvgIpc) is 2.61. The normalized spacial score (nSPS) is 11.4. The first-order valence-electron chi connectivity index (χ1n) is 8.94. The van der Waals surface area contributed by atoms with E-state index in [2.05, 4.69) is 10.0 Å². The minimum atomic E-state index is -3.54. The molecule has 0 aliphatic carbocycles. The molecule has 27 heavy (non-hydrogen) atoms. The van der Waals surface area contributed by atoms with Gasteiger partial charge in [0.15, 0.2) is 0 Å². The third-order valence-corrected chi connectivity index (χ3v) is 5.41. The zero-order valence-corrected chi connectivity index (χ0v) is 16.7. The van der Waals surface area contributed by atoms with Crippen LogP contribution in [0.5, 0.6) is 5.75 Å².